The molecule has 0 saturated heterocycles. The van der Waals surface area contributed by atoms with Crippen molar-refractivity contribution in [1.82, 2.24) is 14.9 Å². The molecule has 0 atom stereocenters. The molecule has 0 spiro atoms. The average Bonchev–Trinajstić information content (AvgIpc) is 2.61. The Hall–Kier alpha value is -1.21. The molecule has 1 aromatic carbocycles. The lowest BCUT2D eigenvalue weighted by Crippen LogP contribution is -2.38. The Morgan fingerprint density at radius 2 is 1.96 bits per heavy atom. The highest BCUT2D eigenvalue weighted by molar-refractivity contribution is 14.0. The molecule has 0 amide bonds. The lowest BCUT2D eigenvalue weighted by molar-refractivity contribution is -0.0504. The highest BCUT2D eigenvalue weighted by Crippen LogP contribution is 2.19. The van der Waals surface area contributed by atoms with Crippen LogP contribution in [-0.2, 0) is 16.6 Å². The van der Waals surface area contributed by atoms with Crippen LogP contribution >= 0.6 is 24.0 Å². The van der Waals surface area contributed by atoms with Gasteiger partial charge in [-0.05, 0) is 19.4 Å². The van der Waals surface area contributed by atoms with Crippen LogP contribution in [0.2, 0.25) is 0 Å². The number of sulfonamides is 1. The van der Waals surface area contributed by atoms with E-state index in [1.807, 2.05) is 0 Å². The molecule has 0 unspecified atom stereocenters. The SMILES string of the molecule is CCS(=O)(=O)N(C)CCCNC(=NC)NCc1ccccc1OC(F)F.I. The summed E-state index contributed by atoms with van der Waals surface area (Å²) in [5, 5.41) is 6.06. The van der Waals surface area contributed by atoms with Crippen LogP contribution < -0.4 is 15.4 Å². The smallest absolute Gasteiger partial charge is 0.387 e. The van der Waals surface area contributed by atoms with Gasteiger partial charge in [-0.2, -0.15) is 8.78 Å². The van der Waals surface area contributed by atoms with E-state index in [1.54, 1.807) is 39.2 Å². The van der Waals surface area contributed by atoms with Crippen LogP contribution in [-0.4, -0.2) is 58.2 Å². The summed E-state index contributed by atoms with van der Waals surface area (Å²) in [7, 11) is -0.0456. The predicted octanol–water partition coefficient (Wildman–Crippen LogP) is 2.24. The lowest BCUT2D eigenvalue weighted by Gasteiger charge is -2.17. The van der Waals surface area contributed by atoms with E-state index in [9.17, 15) is 17.2 Å². The zero-order valence-corrected chi connectivity index (χ0v) is 18.8. The Balaban J connectivity index is 0.00000676. The van der Waals surface area contributed by atoms with Crippen molar-refractivity contribution < 1.29 is 21.9 Å². The van der Waals surface area contributed by atoms with Gasteiger partial charge in [0.1, 0.15) is 5.75 Å². The molecule has 1 aromatic rings. The van der Waals surface area contributed by atoms with Gasteiger partial charge in [0, 0.05) is 39.3 Å². The topological polar surface area (TPSA) is 83.0 Å². The monoisotopic (exact) mass is 520 g/mol. The van der Waals surface area contributed by atoms with E-state index in [2.05, 4.69) is 20.4 Å². The Kier molecular flexibility index (Phi) is 12.5. The number of guanidine groups is 1. The molecule has 0 saturated carbocycles. The van der Waals surface area contributed by atoms with Crippen LogP contribution in [0.15, 0.2) is 29.3 Å². The number of aliphatic imine (C=N–C) groups is 1. The van der Waals surface area contributed by atoms with Gasteiger partial charge in [0.25, 0.3) is 0 Å². The second-order valence-corrected chi connectivity index (χ2v) is 7.78. The second-order valence-electron chi connectivity index (χ2n) is 5.41. The standard InChI is InChI=1S/C16H26F2N4O3S.HI/c1-4-26(23,24)22(3)11-7-10-20-16(19-2)21-12-13-8-5-6-9-14(13)25-15(17)18;/h5-6,8-9,15H,4,7,10-12H2,1-3H3,(H2,19,20,21);1H. The molecule has 0 aliphatic carbocycles. The Labute approximate surface area is 176 Å². The second kappa shape index (κ2) is 13.0. The van der Waals surface area contributed by atoms with Crippen molar-refractivity contribution in [3.63, 3.8) is 0 Å². The van der Waals surface area contributed by atoms with E-state index >= 15 is 0 Å². The predicted molar refractivity (Wildman–Crippen MR) is 113 cm³/mol. The Morgan fingerprint density at radius 1 is 1.30 bits per heavy atom. The highest BCUT2D eigenvalue weighted by atomic mass is 127. The number of nitrogens with zero attached hydrogens (tertiary/aromatic N) is 2. The Morgan fingerprint density at radius 3 is 2.56 bits per heavy atom. The van der Waals surface area contributed by atoms with Crippen LogP contribution in [0.1, 0.15) is 18.9 Å². The summed E-state index contributed by atoms with van der Waals surface area (Å²) in [6.45, 7) is -0.119. The summed E-state index contributed by atoms with van der Waals surface area (Å²) in [6.07, 6.45) is 0.599. The van der Waals surface area contributed by atoms with Crippen molar-refractivity contribution in [2.45, 2.75) is 26.5 Å². The minimum Gasteiger partial charge on any atom is -0.434 e. The van der Waals surface area contributed by atoms with Gasteiger partial charge in [-0.1, -0.05) is 18.2 Å². The van der Waals surface area contributed by atoms with E-state index in [4.69, 9.17) is 0 Å². The molecule has 0 bridgehead atoms. The number of para-hydroxylation sites is 1. The number of alkyl halides is 2. The third-order valence-electron chi connectivity index (χ3n) is 3.64. The van der Waals surface area contributed by atoms with Crippen LogP contribution in [0.5, 0.6) is 5.75 Å². The van der Waals surface area contributed by atoms with Crippen LogP contribution in [0, 0.1) is 0 Å². The maximum atomic E-state index is 12.4. The maximum absolute atomic E-state index is 12.4. The molecule has 1 rings (SSSR count). The summed E-state index contributed by atoms with van der Waals surface area (Å²) in [5.41, 5.74) is 0.574. The van der Waals surface area contributed by atoms with Gasteiger partial charge in [-0.3, -0.25) is 4.99 Å². The molecule has 0 heterocycles. The number of halogens is 3. The Bertz CT molecular complexity index is 690. The lowest BCUT2D eigenvalue weighted by atomic mass is 10.2. The number of hydrogen-bond donors (Lipinski definition) is 2. The van der Waals surface area contributed by atoms with Crippen molar-refractivity contribution >= 4 is 40.0 Å². The van der Waals surface area contributed by atoms with E-state index in [0.29, 0.717) is 31.0 Å². The maximum Gasteiger partial charge on any atom is 0.387 e. The zero-order valence-electron chi connectivity index (χ0n) is 15.6. The molecule has 0 aliphatic heterocycles. The first-order valence-corrected chi connectivity index (χ1v) is 9.82. The molecule has 156 valence electrons. The molecule has 0 aliphatic rings. The van der Waals surface area contributed by atoms with E-state index in [0.717, 1.165) is 0 Å². The number of nitrogens with one attached hydrogen (secondary N) is 2. The zero-order chi connectivity index (χ0) is 19.6. The first-order chi connectivity index (χ1) is 12.3. The number of ether oxygens (including phenoxy) is 1. The molecular formula is C16H27F2IN4O3S. The summed E-state index contributed by atoms with van der Waals surface area (Å²) in [5.74, 6) is 0.662. The molecule has 0 aromatic heterocycles. The van der Waals surface area contributed by atoms with Gasteiger partial charge < -0.3 is 15.4 Å². The molecule has 27 heavy (non-hydrogen) atoms. The first kappa shape index (κ1) is 25.8. The number of rotatable bonds is 10. The fourth-order valence-electron chi connectivity index (χ4n) is 2.13. The van der Waals surface area contributed by atoms with Crippen molar-refractivity contribution in [3.8, 4) is 5.75 Å². The van der Waals surface area contributed by atoms with E-state index in [1.165, 1.54) is 10.4 Å². The van der Waals surface area contributed by atoms with Crippen LogP contribution in [0.4, 0.5) is 8.78 Å². The molecule has 11 heteroatoms. The van der Waals surface area contributed by atoms with Crippen molar-refractivity contribution in [2.24, 2.45) is 4.99 Å². The van der Waals surface area contributed by atoms with Crippen molar-refractivity contribution in [3.05, 3.63) is 29.8 Å². The third kappa shape index (κ3) is 9.51. The van der Waals surface area contributed by atoms with Crippen LogP contribution in [0.3, 0.4) is 0 Å². The fraction of sp³-hybridized carbons (Fsp3) is 0.562. The molecule has 7 nitrogen and oxygen atoms in total. The number of benzene rings is 1. The van der Waals surface area contributed by atoms with Crippen LogP contribution in [0.25, 0.3) is 0 Å². The van der Waals surface area contributed by atoms with Crippen molar-refractivity contribution in [2.75, 3.05) is 32.9 Å². The minimum absolute atomic E-state index is 0. The van der Waals surface area contributed by atoms with Gasteiger partial charge >= 0.3 is 6.61 Å². The summed E-state index contributed by atoms with van der Waals surface area (Å²) >= 11 is 0. The molecular weight excluding hydrogens is 493 g/mol. The van der Waals surface area contributed by atoms with E-state index < -0.39 is 16.6 Å². The summed E-state index contributed by atoms with van der Waals surface area (Å²) in [6, 6.07) is 6.51. The summed E-state index contributed by atoms with van der Waals surface area (Å²) in [4.78, 5) is 4.05. The van der Waals surface area contributed by atoms with Gasteiger partial charge in [-0.25, -0.2) is 12.7 Å². The minimum atomic E-state index is -3.18. The largest absolute Gasteiger partial charge is 0.434 e. The van der Waals surface area contributed by atoms with Crippen molar-refractivity contribution in [1.29, 1.82) is 0 Å². The van der Waals surface area contributed by atoms with Gasteiger partial charge in [0.2, 0.25) is 10.0 Å². The van der Waals surface area contributed by atoms with Gasteiger partial charge in [0.15, 0.2) is 5.96 Å². The molecule has 0 fully saturated rings. The number of hydrogen-bond acceptors (Lipinski definition) is 4. The highest BCUT2D eigenvalue weighted by Gasteiger charge is 2.14. The fourth-order valence-corrected chi connectivity index (χ4v) is 2.98. The molecule has 0 radical (unpaired) electrons. The third-order valence-corrected chi connectivity index (χ3v) is 5.50. The average molecular weight is 520 g/mol. The first-order valence-electron chi connectivity index (χ1n) is 8.21. The summed E-state index contributed by atoms with van der Waals surface area (Å²) < 4.78 is 54.0. The van der Waals surface area contributed by atoms with Gasteiger partial charge in [-0.15, -0.1) is 24.0 Å². The van der Waals surface area contributed by atoms with Gasteiger partial charge in [0.05, 0.1) is 5.75 Å². The quantitative estimate of drug-likeness (QED) is 0.214. The van der Waals surface area contributed by atoms with E-state index in [-0.39, 0.29) is 42.0 Å². The normalized spacial score (nSPS) is 12.0. The molecule has 2 N–H and O–H groups in total.